The summed E-state index contributed by atoms with van der Waals surface area (Å²) in [6, 6.07) is 9.77. The molecule has 0 unspecified atom stereocenters. The first-order valence-electron chi connectivity index (χ1n) is 12.0. The Hall–Kier alpha value is -2.32. The van der Waals surface area contributed by atoms with Crippen molar-refractivity contribution in [2.75, 3.05) is 52.4 Å². The van der Waals surface area contributed by atoms with Gasteiger partial charge in [-0.1, -0.05) is 30.3 Å². The quantitative estimate of drug-likeness (QED) is 0.688. The van der Waals surface area contributed by atoms with Gasteiger partial charge >= 0.3 is 12.2 Å². The van der Waals surface area contributed by atoms with Gasteiger partial charge in [-0.05, 0) is 45.1 Å². The molecule has 4 rings (SSSR count). The second-order valence-corrected chi connectivity index (χ2v) is 10.6. The Kier molecular flexibility index (Phi) is 7.14. The maximum atomic E-state index is 12.4. The molecule has 3 saturated heterocycles. The first-order chi connectivity index (χ1) is 15.7. The highest BCUT2D eigenvalue weighted by molar-refractivity contribution is 5.69. The van der Waals surface area contributed by atoms with Crippen LogP contribution in [0.2, 0.25) is 0 Å². The van der Waals surface area contributed by atoms with Gasteiger partial charge in [0.1, 0.15) is 17.8 Å². The van der Waals surface area contributed by atoms with E-state index in [0.29, 0.717) is 32.2 Å². The molecule has 3 fully saturated rings. The van der Waals surface area contributed by atoms with Gasteiger partial charge in [-0.3, -0.25) is 4.90 Å². The number of piperidine rings is 1. The summed E-state index contributed by atoms with van der Waals surface area (Å²) < 4.78 is 17.0. The summed E-state index contributed by atoms with van der Waals surface area (Å²) in [5, 5.41) is 0. The molecule has 0 saturated carbocycles. The molecule has 8 heteroatoms. The van der Waals surface area contributed by atoms with Gasteiger partial charge in [0, 0.05) is 32.7 Å². The third-order valence-corrected chi connectivity index (χ3v) is 6.53. The van der Waals surface area contributed by atoms with Crippen LogP contribution < -0.4 is 0 Å². The Morgan fingerprint density at radius 3 is 2.36 bits per heavy atom. The lowest BCUT2D eigenvalue weighted by Gasteiger charge is -2.54. The molecular weight excluding hydrogens is 422 g/mol. The second kappa shape index (κ2) is 9.89. The molecule has 0 aliphatic carbocycles. The number of carbonyl (C=O) groups is 2. The molecular formula is C25H37N3O5. The number of nitrogens with zero attached hydrogens (tertiary/aromatic N) is 3. The van der Waals surface area contributed by atoms with Crippen molar-refractivity contribution in [1.82, 2.24) is 14.7 Å². The molecule has 33 heavy (non-hydrogen) atoms. The average Bonchev–Trinajstić information content (AvgIpc) is 2.76. The fraction of sp³-hybridized carbons (Fsp3) is 0.680. The van der Waals surface area contributed by atoms with Crippen molar-refractivity contribution >= 4 is 12.2 Å². The highest BCUT2D eigenvalue weighted by Crippen LogP contribution is 2.31. The van der Waals surface area contributed by atoms with E-state index in [2.05, 4.69) is 4.90 Å². The maximum Gasteiger partial charge on any atom is 0.410 e. The molecule has 0 bridgehead atoms. The number of morpholine rings is 1. The van der Waals surface area contributed by atoms with Crippen molar-refractivity contribution in [3.05, 3.63) is 35.9 Å². The van der Waals surface area contributed by atoms with E-state index in [-0.39, 0.29) is 17.8 Å². The molecule has 8 nitrogen and oxygen atoms in total. The summed E-state index contributed by atoms with van der Waals surface area (Å²) in [5.74, 6) is 0.556. The Morgan fingerprint density at radius 2 is 1.70 bits per heavy atom. The van der Waals surface area contributed by atoms with Crippen molar-refractivity contribution < 1.29 is 23.8 Å². The van der Waals surface area contributed by atoms with Crippen LogP contribution in [0, 0.1) is 5.92 Å². The van der Waals surface area contributed by atoms with E-state index in [4.69, 9.17) is 14.2 Å². The van der Waals surface area contributed by atoms with Crippen LogP contribution in [0.3, 0.4) is 0 Å². The summed E-state index contributed by atoms with van der Waals surface area (Å²) in [4.78, 5) is 30.7. The highest BCUT2D eigenvalue weighted by atomic mass is 16.6. The zero-order valence-corrected chi connectivity index (χ0v) is 20.1. The van der Waals surface area contributed by atoms with E-state index in [1.165, 1.54) is 0 Å². The topological polar surface area (TPSA) is 71.6 Å². The van der Waals surface area contributed by atoms with E-state index in [1.807, 2.05) is 56.0 Å². The van der Waals surface area contributed by atoms with Gasteiger partial charge in [0.2, 0.25) is 0 Å². The number of hydrogen-bond donors (Lipinski definition) is 0. The Morgan fingerprint density at radius 1 is 1.00 bits per heavy atom. The van der Waals surface area contributed by atoms with E-state index >= 15 is 0 Å². The van der Waals surface area contributed by atoms with Gasteiger partial charge in [0.25, 0.3) is 0 Å². The fourth-order valence-electron chi connectivity index (χ4n) is 4.85. The van der Waals surface area contributed by atoms with Crippen molar-refractivity contribution in [3.63, 3.8) is 0 Å². The predicted molar refractivity (Wildman–Crippen MR) is 124 cm³/mol. The van der Waals surface area contributed by atoms with E-state index in [0.717, 1.165) is 51.1 Å². The predicted octanol–water partition coefficient (Wildman–Crippen LogP) is 3.36. The lowest BCUT2D eigenvalue weighted by atomic mass is 9.90. The van der Waals surface area contributed by atoms with Crippen LogP contribution in [0.15, 0.2) is 30.3 Å². The molecule has 3 aliphatic heterocycles. The van der Waals surface area contributed by atoms with Gasteiger partial charge in [0.05, 0.1) is 19.7 Å². The smallest absolute Gasteiger partial charge is 0.410 e. The molecule has 0 aromatic heterocycles. The Bertz CT molecular complexity index is 811. The summed E-state index contributed by atoms with van der Waals surface area (Å²) in [6.07, 6.45) is 1.48. The van der Waals surface area contributed by atoms with Crippen LogP contribution in [0.5, 0.6) is 0 Å². The van der Waals surface area contributed by atoms with Crippen LogP contribution in [0.1, 0.15) is 39.2 Å². The van der Waals surface area contributed by atoms with Gasteiger partial charge in [0.15, 0.2) is 0 Å². The minimum Gasteiger partial charge on any atom is -0.445 e. The summed E-state index contributed by atoms with van der Waals surface area (Å²) in [7, 11) is 0. The molecule has 2 amide bonds. The van der Waals surface area contributed by atoms with Crippen LogP contribution in [0.4, 0.5) is 9.59 Å². The lowest BCUT2D eigenvalue weighted by molar-refractivity contribution is -0.179. The van der Waals surface area contributed by atoms with Crippen molar-refractivity contribution in [2.45, 2.75) is 51.4 Å². The largest absolute Gasteiger partial charge is 0.445 e. The number of ether oxygens (including phenoxy) is 3. The first-order valence-corrected chi connectivity index (χ1v) is 12.0. The Balaban J connectivity index is 1.17. The number of hydrogen-bond acceptors (Lipinski definition) is 6. The molecule has 3 aliphatic rings. The number of amides is 2. The maximum absolute atomic E-state index is 12.4. The first kappa shape index (κ1) is 23.8. The minimum absolute atomic E-state index is 0.223. The standard InChI is InChI=1S/C25H37N3O5/c1-24(2,3)33-23(30)28-18-25(19-28)17-26(13-14-32-25)15-20-9-11-27(12-10-20)22(29)31-16-21-7-5-4-6-8-21/h4-8,20H,9-19H2,1-3H3. The number of rotatable bonds is 4. The molecule has 0 atom stereocenters. The zero-order valence-electron chi connectivity index (χ0n) is 20.1. The summed E-state index contributed by atoms with van der Waals surface area (Å²) in [5.41, 5.74) is 0.252. The normalized spacial score (nSPS) is 21.5. The summed E-state index contributed by atoms with van der Waals surface area (Å²) in [6.45, 7) is 12.1. The zero-order chi connectivity index (χ0) is 23.5. The third-order valence-electron chi connectivity index (χ3n) is 6.53. The van der Waals surface area contributed by atoms with Crippen molar-refractivity contribution in [2.24, 2.45) is 5.92 Å². The molecule has 1 spiro atoms. The van der Waals surface area contributed by atoms with Gasteiger partial charge in [-0.2, -0.15) is 0 Å². The molecule has 1 aromatic carbocycles. The number of carbonyl (C=O) groups excluding carboxylic acids is 2. The van der Waals surface area contributed by atoms with E-state index in [1.54, 1.807) is 4.90 Å². The summed E-state index contributed by atoms with van der Waals surface area (Å²) >= 11 is 0. The van der Waals surface area contributed by atoms with Crippen LogP contribution in [0.25, 0.3) is 0 Å². The Labute approximate surface area is 196 Å². The van der Waals surface area contributed by atoms with Crippen LogP contribution in [-0.4, -0.2) is 90.5 Å². The molecule has 1 aromatic rings. The average molecular weight is 460 g/mol. The molecule has 3 heterocycles. The number of benzene rings is 1. The third kappa shape index (κ3) is 6.38. The second-order valence-electron chi connectivity index (χ2n) is 10.6. The van der Waals surface area contributed by atoms with E-state index < -0.39 is 5.60 Å². The lowest BCUT2D eigenvalue weighted by Crippen LogP contribution is -2.71. The van der Waals surface area contributed by atoms with Crippen molar-refractivity contribution in [1.29, 1.82) is 0 Å². The van der Waals surface area contributed by atoms with Gasteiger partial charge < -0.3 is 24.0 Å². The molecule has 182 valence electrons. The van der Waals surface area contributed by atoms with Gasteiger partial charge in [-0.25, -0.2) is 9.59 Å². The SMILES string of the molecule is CC(C)(C)OC(=O)N1CC2(CN(CC3CCN(C(=O)OCc4ccccc4)CC3)CCO2)C1. The molecule has 0 N–H and O–H groups in total. The van der Waals surface area contributed by atoms with Crippen molar-refractivity contribution in [3.8, 4) is 0 Å². The monoisotopic (exact) mass is 459 g/mol. The van der Waals surface area contributed by atoms with Crippen LogP contribution in [-0.2, 0) is 20.8 Å². The van der Waals surface area contributed by atoms with E-state index in [9.17, 15) is 9.59 Å². The minimum atomic E-state index is -0.484. The van der Waals surface area contributed by atoms with Crippen LogP contribution >= 0.6 is 0 Å². The molecule has 0 radical (unpaired) electrons. The highest BCUT2D eigenvalue weighted by Gasteiger charge is 2.50. The number of likely N-dealkylation sites (tertiary alicyclic amines) is 2. The van der Waals surface area contributed by atoms with Gasteiger partial charge in [-0.15, -0.1) is 0 Å². The fourth-order valence-corrected chi connectivity index (χ4v) is 4.85.